The Morgan fingerprint density at radius 2 is 1.85 bits per heavy atom. The van der Waals surface area contributed by atoms with E-state index in [1.54, 1.807) is 12.1 Å². The highest BCUT2D eigenvalue weighted by Crippen LogP contribution is 2.36. The average molecular weight is 383 g/mol. The first-order valence-corrected chi connectivity index (χ1v) is 8.65. The van der Waals surface area contributed by atoms with Crippen molar-refractivity contribution in [1.82, 2.24) is 0 Å². The van der Waals surface area contributed by atoms with Crippen LogP contribution in [-0.4, -0.2) is 13.0 Å². The summed E-state index contributed by atoms with van der Waals surface area (Å²) < 4.78 is 38.2. The molecule has 138 valence electrons. The monoisotopic (exact) mass is 382 g/mol. The first-order valence-electron chi connectivity index (χ1n) is 8.27. The SMILES string of the molecule is O=CNc1ccc(N(Cc2ccc(C(F)(F)F)cc2)CC2CC2)c(Cl)c1. The van der Waals surface area contributed by atoms with Crippen molar-refractivity contribution in [1.29, 1.82) is 0 Å². The van der Waals surface area contributed by atoms with E-state index in [-0.39, 0.29) is 0 Å². The Hall–Kier alpha value is -2.21. The third kappa shape index (κ3) is 4.69. The van der Waals surface area contributed by atoms with Gasteiger partial charge in [-0.15, -0.1) is 0 Å². The Morgan fingerprint density at radius 3 is 2.38 bits per heavy atom. The fraction of sp³-hybridized carbons (Fsp3) is 0.316. The van der Waals surface area contributed by atoms with E-state index >= 15 is 0 Å². The minimum Gasteiger partial charge on any atom is -0.366 e. The summed E-state index contributed by atoms with van der Waals surface area (Å²) in [6.45, 7) is 1.26. The van der Waals surface area contributed by atoms with E-state index in [0.29, 0.717) is 29.6 Å². The van der Waals surface area contributed by atoms with Crippen molar-refractivity contribution in [2.75, 3.05) is 16.8 Å². The Labute approximate surface area is 154 Å². The topological polar surface area (TPSA) is 32.3 Å². The van der Waals surface area contributed by atoms with E-state index in [4.69, 9.17) is 11.6 Å². The molecule has 0 radical (unpaired) electrons. The van der Waals surface area contributed by atoms with Gasteiger partial charge >= 0.3 is 6.18 Å². The quantitative estimate of drug-likeness (QED) is 0.655. The molecule has 3 nitrogen and oxygen atoms in total. The Kier molecular flexibility index (Phi) is 5.41. The lowest BCUT2D eigenvalue weighted by Crippen LogP contribution is -2.25. The number of nitrogens with one attached hydrogen (secondary N) is 1. The maximum atomic E-state index is 12.7. The van der Waals surface area contributed by atoms with Crippen LogP contribution in [0.1, 0.15) is 24.0 Å². The molecule has 1 N–H and O–H groups in total. The van der Waals surface area contributed by atoms with Crippen LogP contribution in [0.15, 0.2) is 42.5 Å². The van der Waals surface area contributed by atoms with Crippen molar-refractivity contribution in [2.45, 2.75) is 25.6 Å². The summed E-state index contributed by atoms with van der Waals surface area (Å²) in [4.78, 5) is 12.6. The van der Waals surface area contributed by atoms with Crippen LogP contribution in [0, 0.1) is 5.92 Å². The molecule has 0 aliphatic heterocycles. The summed E-state index contributed by atoms with van der Waals surface area (Å²) in [5.74, 6) is 0.577. The highest BCUT2D eigenvalue weighted by atomic mass is 35.5. The summed E-state index contributed by atoms with van der Waals surface area (Å²) >= 11 is 6.37. The molecule has 2 aromatic carbocycles. The minimum atomic E-state index is -4.34. The zero-order valence-electron chi connectivity index (χ0n) is 13.9. The standard InChI is InChI=1S/C19H18ClF3N2O/c20-17-9-16(24-12-26)7-8-18(17)25(10-13-1-2-13)11-14-3-5-15(6-4-14)19(21,22)23/h3-9,12-13H,1-2,10-11H2,(H,24,26). The fourth-order valence-corrected chi connectivity index (χ4v) is 3.10. The molecule has 1 amide bonds. The number of nitrogens with zero attached hydrogens (tertiary/aromatic N) is 1. The summed E-state index contributed by atoms with van der Waals surface area (Å²) in [5, 5.41) is 3.04. The van der Waals surface area contributed by atoms with Gasteiger partial charge in [0.15, 0.2) is 0 Å². The number of alkyl halides is 3. The summed E-state index contributed by atoms with van der Waals surface area (Å²) in [7, 11) is 0. The number of anilines is 2. The summed E-state index contributed by atoms with van der Waals surface area (Å²) in [6, 6.07) is 10.4. The highest BCUT2D eigenvalue weighted by molar-refractivity contribution is 6.33. The van der Waals surface area contributed by atoms with Crippen molar-refractivity contribution in [3.8, 4) is 0 Å². The zero-order chi connectivity index (χ0) is 18.7. The van der Waals surface area contributed by atoms with Crippen LogP contribution in [0.4, 0.5) is 24.5 Å². The van der Waals surface area contributed by atoms with Gasteiger partial charge in [0.2, 0.25) is 6.41 Å². The van der Waals surface area contributed by atoms with Crippen molar-refractivity contribution in [2.24, 2.45) is 5.92 Å². The molecule has 0 heterocycles. The molecule has 0 bridgehead atoms. The van der Waals surface area contributed by atoms with Gasteiger partial charge in [-0.05, 0) is 54.7 Å². The molecule has 0 unspecified atom stereocenters. The lowest BCUT2D eigenvalue weighted by molar-refractivity contribution is -0.137. The number of benzene rings is 2. The third-order valence-corrected chi connectivity index (χ3v) is 4.65. The molecular weight excluding hydrogens is 365 g/mol. The molecule has 2 aromatic rings. The third-order valence-electron chi connectivity index (χ3n) is 4.34. The second-order valence-electron chi connectivity index (χ2n) is 6.45. The van der Waals surface area contributed by atoms with E-state index in [1.165, 1.54) is 12.1 Å². The lowest BCUT2D eigenvalue weighted by atomic mass is 10.1. The number of hydrogen-bond acceptors (Lipinski definition) is 2. The summed E-state index contributed by atoms with van der Waals surface area (Å²) in [5.41, 5.74) is 1.52. The molecule has 0 spiro atoms. The number of rotatable bonds is 7. The van der Waals surface area contributed by atoms with Crippen LogP contribution in [0.2, 0.25) is 5.02 Å². The fourth-order valence-electron chi connectivity index (χ4n) is 2.80. The van der Waals surface area contributed by atoms with Gasteiger partial charge in [0.25, 0.3) is 0 Å². The molecule has 0 atom stereocenters. The normalized spacial score (nSPS) is 14.2. The molecule has 3 rings (SSSR count). The molecule has 1 aliphatic rings. The van der Waals surface area contributed by atoms with Gasteiger partial charge < -0.3 is 10.2 Å². The predicted molar refractivity (Wildman–Crippen MR) is 96.4 cm³/mol. The lowest BCUT2D eigenvalue weighted by Gasteiger charge is -2.26. The molecule has 0 saturated heterocycles. The highest BCUT2D eigenvalue weighted by Gasteiger charge is 2.30. The van der Waals surface area contributed by atoms with E-state index in [9.17, 15) is 18.0 Å². The van der Waals surface area contributed by atoms with Gasteiger partial charge in [-0.3, -0.25) is 4.79 Å². The number of carbonyl (C=O) groups is 1. The van der Waals surface area contributed by atoms with E-state index in [2.05, 4.69) is 10.2 Å². The van der Waals surface area contributed by atoms with Gasteiger partial charge in [0, 0.05) is 18.8 Å². The number of carbonyl (C=O) groups excluding carboxylic acids is 1. The predicted octanol–water partition coefficient (Wildman–Crippen LogP) is 5.34. The van der Waals surface area contributed by atoms with Gasteiger partial charge in [-0.2, -0.15) is 13.2 Å². The molecule has 26 heavy (non-hydrogen) atoms. The van der Waals surface area contributed by atoms with E-state index in [1.807, 2.05) is 6.07 Å². The molecule has 1 fully saturated rings. The van der Waals surface area contributed by atoms with Gasteiger partial charge in [-0.25, -0.2) is 0 Å². The average Bonchev–Trinajstić information content (AvgIpc) is 3.38. The van der Waals surface area contributed by atoms with Crippen LogP contribution in [-0.2, 0) is 17.5 Å². The summed E-state index contributed by atoms with van der Waals surface area (Å²) in [6.07, 6.45) is -1.47. The first-order chi connectivity index (χ1) is 12.4. The number of halogens is 4. The van der Waals surface area contributed by atoms with Crippen molar-refractivity contribution in [3.63, 3.8) is 0 Å². The van der Waals surface area contributed by atoms with E-state index < -0.39 is 11.7 Å². The van der Waals surface area contributed by atoms with Crippen LogP contribution in [0.25, 0.3) is 0 Å². The van der Waals surface area contributed by atoms with Gasteiger partial charge in [-0.1, -0.05) is 23.7 Å². The molecule has 1 saturated carbocycles. The van der Waals surface area contributed by atoms with Crippen molar-refractivity contribution >= 4 is 29.4 Å². The Balaban J connectivity index is 1.81. The van der Waals surface area contributed by atoms with Crippen molar-refractivity contribution in [3.05, 3.63) is 58.6 Å². The van der Waals surface area contributed by atoms with Crippen molar-refractivity contribution < 1.29 is 18.0 Å². The Bertz CT molecular complexity index is 773. The Morgan fingerprint density at radius 1 is 1.15 bits per heavy atom. The maximum Gasteiger partial charge on any atom is 0.416 e. The van der Waals surface area contributed by atoms with Crippen LogP contribution in [0.3, 0.4) is 0 Å². The molecular formula is C19H18ClF3N2O. The van der Waals surface area contributed by atoms with Crippen LogP contribution < -0.4 is 10.2 Å². The minimum absolute atomic E-state index is 0.467. The second kappa shape index (κ2) is 7.58. The first kappa shape index (κ1) is 18.6. The van der Waals surface area contributed by atoms with Gasteiger partial charge in [0.1, 0.15) is 0 Å². The van der Waals surface area contributed by atoms with E-state index in [0.717, 1.165) is 42.8 Å². The van der Waals surface area contributed by atoms with Gasteiger partial charge in [0.05, 0.1) is 16.3 Å². The second-order valence-corrected chi connectivity index (χ2v) is 6.85. The molecule has 7 heteroatoms. The van der Waals surface area contributed by atoms with Crippen LogP contribution in [0.5, 0.6) is 0 Å². The maximum absolute atomic E-state index is 12.7. The largest absolute Gasteiger partial charge is 0.416 e. The number of hydrogen-bond donors (Lipinski definition) is 1. The smallest absolute Gasteiger partial charge is 0.366 e. The zero-order valence-corrected chi connectivity index (χ0v) is 14.6. The molecule has 1 aliphatic carbocycles. The molecule has 0 aromatic heterocycles. The number of amides is 1. The van der Waals surface area contributed by atoms with Crippen LogP contribution >= 0.6 is 11.6 Å².